The van der Waals surface area contributed by atoms with Crippen LogP contribution in [-0.4, -0.2) is 17.4 Å². The molecule has 2 heteroatoms. The molecule has 1 aliphatic heterocycles. The van der Waals surface area contributed by atoms with E-state index in [9.17, 15) is 4.79 Å². The van der Waals surface area contributed by atoms with Crippen molar-refractivity contribution in [1.29, 1.82) is 0 Å². The minimum atomic E-state index is -0.221. The average Bonchev–Trinajstić information content (AvgIpc) is 2.37. The summed E-state index contributed by atoms with van der Waals surface area (Å²) >= 11 is 0. The molecule has 1 aromatic carbocycles. The molecule has 0 saturated heterocycles. The van der Waals surface area contributed by atoms with Gasteiger partial charge in [-0.2, -0.15) is 0 Å². The smallest absolute Gasteiger partial charge is 0.228 e. The highest BCUT2D eigenvalue weighted by Gasteiger charge is 2.32. The van der Waals surface area contributed by atoms with Gasteiger partial charge in [0.15, 0.2) is 0 Å². The Hall–Kier alpha value is -1.31. The molecule has 0 aromatic heterocycles. The van der Waals surface area contributed by atoms with Crippen molar-refractivity contribution in [1.82, 2.24) is 4.90 Å². The number of benzene rings is 1. The second-order valence-electron chi connectivity index (χ2n) is 5.88. The highest BCUT2D eigenvalue weighted by Crippen LogP contribution is 2.28. The highest BCUT2D eigenvalue weighted by atomic mass is 16.2. The second-order valence-corrected chi connectivity index (χ2v) is 5.88. The predicted molar refractivity (Wildman–Crippen MR) is 74.3 cm³/mol. The Kier molecular flexibility index (Phi) is 3.74. The number of rotatable bonds is 3. The van der Waals surface area contributed by atoms with E-state index in [0.717, 1.165) is 32.4 Å². The quantitative estimate of drug-likeness (QED) is 0.799. The number of nitrogens with zero attached hydrogens (tertiary/aromatic N) is 1. The molecule has 2 rings (SSSR count). The molecule has 0 atom stereocenters. The lowest BCUT2D eigenvalue weighted by Gasteiger charge is -2.35. The van der Waals surface area contributed by atoms with E-state index in [1.54, 1.807) is 0 Å². The van der Waals surface area contributed by atoms with Gasteiger partial charge in [-0.15, -0.1) is 0 Å². The fraction of sp³-hybridized carbons (Fsp3) is 0.562. The van der Waals surface area contributed by atoms with Gasteiger partial charge in [0, 0.05) is 18.5 Å². The van der Waals surface area contributed by atoms with E-state index in [4.69, 9.17) is 0 Å². The molecule has 1 amide bonds. The van der Waals surface area contributed by atoms with E-state index in [-0.39, 0.29) is 5.41 Å². The van der Waals surface area contributed by atoms with Crippen molar-refractivity contribution in [3.8, 4) is 0 Å². The van der Waals surface area contributed by atoms with Crippen LogP contribution in [0.1, 0.15) is 44.7 Å². The van der Waals surface area contributed by atoms with E-state index in [1.165, 1.54) is 11.1 Å². The van der Waals surface area contributed by atoms with Crippen LogP contribution in [0.25, 0.3) is 0 Å². The summed E-state index contributed by atoms with van der Waals surface area (Å²) in [6, 6.07) is 8.46. The monoisotopic (exact) mass is 245 g/mol. The summed E-state index contributed by atoms with van der Waals surface area (Å²) in [6.45, 7) is 7.92. The summed E-state index contributed by atoms with van der Waals surface area (Å²) in [7, 11) is 0. The van der Waals surface area contributed by atoms with Crippen LogP contribution >= 0.6 is 0 Å². The summed E-state index contributed by atoms with van der Waals surface area (Å²) in [5.74, 6) is 0.304. The molecule has 0 saturated carbocycles. The molecule has 0 N–H and O–H groups in total. The second kappa shape index (κ2) is 5.13. The van der Waals surface area contributed by atoms with Crippen molar-refractivity contribution < 1.29 is 4.79 Å². The van der Waals surface area contributed by atoms with E-state index in [0.29, 0.717) is 5.91 Å². The van der Waals surface area contributed by atoms with Gasteiger partial charge in [0.2, 0.25) is 5.91 Å². The molecular formula is C16H23NO. The molecule has 0 fully saturated rings. The minimum absolute atomic E-state index is 0.221. The van der Waals surface area contributed by atoms with E-state index in [1.807, 2.05) is 4.90 Å². The molecule has 18 heavy (non-hydrogen) atoms. The van der Waals surface area contributed by atoms with Crippen LogP contribution in [0, 0.1) is 5.41 Å². The standard InChI is InChI=1S/C16H23NO/c1-4-10-16(2,3)15(18)17-11-9-13-7-5-6-8-14(13)12-17/h5-8H,4,9-12H2,1-3H3. The maximum Gasteiger partial charge on any atom is 0.228 e. The first-order chi connectivity index (χ1) is 8.54. The molecule has 0 bridgehead atoms. The fourth-order valence-electron chi connectivity index (χ4n) is 2.83. The number of carbonyl (C=O) groups excluding carboxylic acids is 1. The normalized spacial score (nSPS) is 15.4. The Morgan fingerprint density at radius 2 is 1.94 bits per heavy atom. The van der Waals surface area contributed by atoms with E-state index in [2.05, 4.69) is 45.0 Å². The lowest BCUT2D eigenvalue weighted by atomic mass is 9.85. The van der Waals surface area contributed by atoms with Crippen LogP contribution in [0.4, 0.5) is 0 Å². The van der Waals surface area contributed by atoms with Gasteiger partial charge in [-0.25, -0.2) is 0 Å². The molecule has 0 spiro atoms. The van der Waals surface area contributed by atoms with Gasteiger partial charge < -0.3 is 4.90 Å². The van der Waals surface area contributed by atoms with Crippen LogP contribution in [-0.2, 0) is 17.8 Å². The fourth-order valence-corrected chi connectivity index (χ4v) is 2.83. The van der Waals surface area contributed by atoms with Crippen molar-refractivity contribution >= 4 is 5.91 Å². The molecule has 98 valence electrons. The number of fused-ring (bicyclic) bond motifs is 1. The largest absolute Gasteiger partial charge is 0.338 e. The summed E-state index contributed by atoms with van der Waals surface area (Å²) in [5.41, 5.74) is 2.49. The first-order valence-electron chi connectivity index (χ1n) is 6.91. The van der Waals surface area contributed by atoms with Crippen molar-refractivity contribution in [3.63, 3.8) is 0 Å². The molecular weight excluding hydrogens is 222 g/mol. The molecule has 1 heterocycles. The maximum absolute atomic E-state index is 12.5. The first kappa shape index (κ1) is 13.1. The maximum atomic E-state index is 12.5. The average molecular weight is 245 g/mol. The van der Waals surface area contributed by atoms with Gasteiger partial charge >= 0.3 is 0 Å². The Labute approximate surface area is 110 Å². The van der Waals surface area contributed by atoms with Crippen molar-refractivity contribution in [2.75, 3.05) is 6.54 Å². The highest BCUT2D eigenvalue weighted by molar-refractivity contribution is 5.82. The molecule has 0 radical (unpaired) electrons. The van der Waals surface area contributed by atoms with Crippen LogP contribution in [0.3, 0.4) is 0 Å². The van der Waals surface area contributed by atoms with E-state index < -0.39 is 0 Å². The van der Waals surface area contributed by atoms with Crippen LogP contribution in [0.5, 0.6) is 0 Å². The molecule has 1 aliphatic rings. The topological polar surface area (TPSA) is 20.3 Å². The van der Waals surface area contributed by atoms with Crippen LogP contribution < -0.4 is 0 Å². The van der Waals surface area contributed by atoms with E-state index >= 15 is 0 Å². The van der Waals surface area contributed by atoms with Gasteiger partial charge in [-0.3, -0.25) is 4.79 Å². The van der Waals surface area contributed by atoms with Gasteiger partial charge in [-0.1, -0.05) is 51.5 Å². The zero-order chi connectivity index (χ0) is 13.2. The number of hydrogen-bond donors (Lipinski definition) is 0. The van der Waals surface area contributed by atoms with Crippen molar-refractivity contribution in [3.05, 3.63) is 35.4 Å². The number of carbonyl (C=O) groups is 1. The van der Waals surface area contributed by atoms with Crippen molar-refractivity contribution in [2.45, 2.75) is 46.6 Å². The number of hydrogen-bond acceptors (Lipinski definition) is 1. The molecule has 2 nitrogen and oxygen atoms in total. The Morgan fingerprint density at radius 1 is 1.28 bits per heavy atom. The molecule has 0 unspecified atom stereocenters. The Morgan fingerprint density at radius 3 is 2.61 bits per heavy atom. The van der Waals surface area contributed by atoms with Gasteiger partial charge in [0.1, 0.15) is 0 Å². The summed E-state index contributed by atoms with van der Waals surface area (Å²) in [6.07, 6.45) is 3.01. The summed E-state index contributed by atoms with van der Waals surface area (Å²) < 4.78 is 0. The Bertz CT molecular complexity index is 436. The van der Waals surface area contributed by atoms with Gasteiger partial charge in [-0.05, 0) is 24.0 Å². The van der Waals surface area contributed by atoms with Crippen LogP contribution in [0.15, 0.2) is 24.3 Å². The Balaban J connectivity index is 2.11. The SMILES string of the molecule is CCCC(C)(C)C(=O)N1CCc2ccccc2C1. The summed E-state index contributed by atoms with van der Waals surface area (Å²) in [4.78, 5) is 14.6. The first-order valence-corrected chi connectivity index (χ1v) is 6.91. The summed E-state index contributed by atoms with van der Waals surface area (Å²) in [5, 5.41) is 0. The third-order valence-corrected chi connectivity index (χ3v) is 3.87. The lowest BCUT2D eigenvalue weighted by molar-refractivity contribution is -0.141. The third-order valence-electron chi connectivity index (χ3n) is 3.87. The van der Waals surface area contributed by atoms with Crippen LogP contribution in [0.2, 0.25) is 0 Å². The minimum Gasteiger partial charge on any atom is -0.338 e. The molecule has 1 aromatic rings. The zero-order valence-electron chi connectivity index (χ0n) is 11.7. The lowest BCUT2D eigenvalue weighted by Crippen LogP contribution is -2.43. The predicted octanol–water partition coefficient (Wildman–Crippen LogP) is 3.40. The van der Waals surface area contributed by atoms with Crippen molar-refractivity contribution in [2.24, 2.45) is 5.41 Å². The van der Waals surface area contributed by atoms with Gasteiger partial charge in [0.25, 0.3) is 0 Å². The van der Waals surface area contributed by atoms with Gasteiger partial charge in [0.05, 0.1) is 0 Å². The third kappa shape index (κ3) is 2.58. The molecule has 0 aliphatic carbocycles. The number of amides is 1. The zero-order valence-corrected chi connectivity index (χ0v) is 11.7.